The van der Waals surface area contributed by atoms with Crippen molar-refractivity contribution in [1.29, 1.82) is 0 Å². The zero-order valence-corrected chi connectivity index (χ0v) is 22.3. The lowest BCUT2D eigenvalue weighted by Gasteiger charge is -2.38. The molecule has 0 bridgehead atoms. The first kappa shape index (κ1) is 24.9. The molecule has 3 aromatic carbocycles. The number of amides is 3. The summed E-state index contributed by atoms with van der Waals surface area (Å²) in [5, 5.41) is 7.03. The number of H-pyrrole nitrogens is 1. The van der Waals surface area contributed by atoms with Crippen molar-refractivity contribution in [3.8, 4) is 0 Å². The standard InChI is InChI=1S/C32H32N4O3/c1-18(2)27(31(38)33-17-20-14-12-19(3)13-15-20)35-30(37)26-16-24-21-8-6-7-11-25(21)34-28(24)29-22-9-4-5-10-23(22)32(39)36(26)29/h4-15,18,26-27,29,34H,16-17H2,1-3H3,(H,33,38)(H,35,37)/t26-,27-,29-/m0/s1. The molecule has 3 N–H and O–H groups in total. The van der Waals surface area contributed by atoms with Crippen molar-refractivity contribution in [3.63, 3.8) is 0 Å². The summed E-state index contributed by atoms with van der Waals surface area (Å²) in [5.74, 6) is -0.858. The van der Waals surface area contributed by atoms with Crippen molar-refractivity contribution < 1.29 is 14.4 Å². The summed E-state index contributed by atoms with van der Waals surface area (Å²) in [7, 11) is 0. The molecule has 6 rings (SSSR count). The molecular formula is C32H32N4O3. The summed E-state index contributed by atoms with van der Waals surface area (Å²) < 4.78 is 0. The highest BCUT2D eigenvalue weighted by Crippen LogP contribution is 2.46. The van der Waals surface area contributed by atoms with E-state index in [1.807, 2.05) is 93.6 Å². The molecule has 3 atom stereocenters. The van der Waals surface area contributed by atoms with Gasteiger partial charge in [0.25, 0.3) is 5.91 Å². The number of nitrogens with one attached hydrogen (secondary N) is 3. The Kier molecular flexibility index (Phi) is 6.22. The number of para-hydroxylation sites is 1. The molecule has 0 spiro atoms. The van der Waals surface area contributed by atoms with E-state index in [1.165, 1.54) is 0 Å². The average Bonchev–Trinajstić information content (AvgIpc) is 3.46. The van der Waals surface area contributed by atoms with Gasteiger partial charge in [0.1, 0.15) is 12.1 Å². The molecule has 0 radical (unpaired) electrons. The minimum absolute atomic E-state index is 0.138. The van der Waals surface area contributed by atoms with Crippen LogP contribution in [0.1, 0.15) is 58.2 Å². The maximum Gasteiger partial charge on any atom is 0.255 e. The van der Waals surface area contributed by atoms with Crippen LogP contribution in [0.15, 0.2) is 72.8 Å². The number of carbonyl (C=O) groups is 3. The minimum atomic E-state index is -0.743. The Morgan fingerprint density at radius 1 is 1.00 bits per heavy atom. The van der Waals surface area contributed by atoms with Gasteiger partial charge in [-0.25, -0.2) is 0 Å². The molecule has 0 saturated heterocycles. The van der Waals surface area contributed by atoms with Crippen LogP contribution in [-0.4, -0.2) is 39.7 Å². The number of fused-ring (bicyclic) bond motifs is 7. The molecule has 3 heterocycles. The Hall–Kier alpha value is -4.39. The second-order valence-electron chi connectivity index (χ2n) is 10.9. The van der Waals surface area contributed by atoms with Crippen LogP contribution in [0.3, 0.4) is 0 Å². The van der Waals surface area contributed by atoms with Gasteiger partial charge in [-0.15, -0.1) is 0 Å². The number of aromatic amines is 1. The second-order valence-corrected chi connectivity index (χ2v) is 10.9. The number of carbonyl (C=O) groups excluding carboxylic acids is 3. The monoisotopic (exact) mass is 520 g/mol. The summed E-state index contributed by atoms with van der Waals surface area (Å²) >= 11 is 0. The van der Waals surface area contributed by atoms with Gasteiger partial charge in [-0.3, -0.25) is 14.4 Å². The number of aryl methyl sites for hydroxylation is 1. The highest BCUT2D eigenvalue weighted by atomic mass is 16.2. The van der Waals surface area contributed by atoms with E-state index in [4.69, 9.17) is 0 Å². The maximum absolute atomic E-state index is 13.9. The molecule has 4 aromatic rings. The summed E-state index contributed by atoms with van der Waals surface area (Å²) in [6.45, 7) is 6.22. The number of aromatic nitrogens is 1. The van der Waals surface area contributed by atoms with E-state index >= 15 is 0 Å². The fourth-order valence-corrected chi connectivity index (χ4v) is 5.93. The Bertz CT molecular complexity index is 1590. The zero-order valence-electron chi connectivity index (χ0n) is 22.3. The van der Waals surface area contributed by atoms with E-state index in [2.05, 4.69) is 15.6 Å². The van der Waals surface area contributed by atoms with Crippen LogP contribution < -0.4 is 10.6 Å². The van der Waals surface area contributed by atoms with Gasteiger partial charge < -0.3 is 20.5 Å². The highest BCUT2D eigenvalue weighted by molar-refractivity contribution is 6.04. The highest BCUT2D eigenvalue weighted by Gasteiger charge is 2.49. The third-order valence-electron chi connectivity index (χ3n) is 7.99. The van der Waals surface area contributed by atoms with Gasteiger partial charge in [-0.05, 0) is 41.7 Å². The van der Waals surface area contributed by atoms with Crippen LogP contribution in [0, 0.1) is 12.8 Å². The third kappa shape index (κ3) is 4.28. The molecule has 0 unspecified atom stereocenters. The number of hydrogen-bond donors (Lipinski definition) is 3. The van der Waals surface area contributed by atoms with Crippen LogP contribution in [0.5, 0.6) is 0 Å². The van der Waals surface area contributed by atoms with Gasteiger partial charge in [0, 0.05) is 35.1 Å². The molecule has 1 aromatic heterocycles. The minimum Gasteiger partial charge on any atom is -0.356 e. The fraction of sp³-hybridized carbons (Fsp3) is 0.281. The number of hydrogen-bond acceptors (Lipinski definition) is 3. The first-order chi connectivity index (χ1) is 18.8. The molecule has 2 aliphatic heterocycles. The zero-order chi connectivity index (χ0) is 27.3. The summed E-state index contributed by atoms with van der Waals surface area (Å²) in [6.07, 6.45) is 0.372. The molecule has 7 heteroatoms. The van der Waals surface area contributed by atoms with Crippen LogP contribution in [-0.2, 0) is 22.6 Å². The average molecular weight is 521 g/mol. The van der Waals surface area contributed by atoms with Crippen molar-refractivity contribution in [2.45, 2.75) is 51.9 Å². The van der Waals surface area contributed by atoms with Gasteiger partial charge in [-0.1, -0.05) is 80.1 Å². The number of rotatable bonds is 6. The van der Waals surface area contributed by atoms with Gasteiger partial charge in [0.2, 0.25) is 11.8 Å². The van der Waals surface area contributed by atoms with Crippen molar-refractivity contribution in [2.75, 3.05) is 0 Å². The molecule has 0 saturated carbocycles. The Morgan fingerprint density at radius 2 is 1.72 bits per heavy atom. The van der Waals surface area contributed by atoms with Crippen molar-refractivity contribution >= 4 is 28.6 Å². The quantitative estimate of drug-likeness (QED) is 0.352. The summed E-state index contributed by atoms with van der Waals surface area (Å²) in [6, 6.07) is 21.7. The molecule has 2 aliphatic rings. The van der Waals surface area contributed by atoms with E-state index in [-0.39, 0.29) is 29.7 Å². The van der Waals surface area contributed by atoms with Gasteiger partial charge in [0.15, 0.2) is 0 Å². The van der Waals surface area contributed by atoms with Crippen LogP contribution in [0.25, 0.3) is 10.9 Å². The lowest BCUT2D eigenvalue weighted by atomic mass is 9.89. The van der Waals surface area contributed by atoms with Crippen LogP contribution >= 0.6 is 0 Å². The molecule has 7 nitrogen and oxygen atoms in total. The predicted molar refractivity (Wildman–Crippen MR) is 150 cm³/mol. The lowest BCUT2D eigenvalue weighted by Crippen LogP contribution is -2.57. The smallest absolute Gasteiger partial charge is 0.255 e. The number of benzene rings is 3. The van der Waals surface area contributed by atoms with E-state index < -0.39 is 12.1 Å². The van der Waals surface area contributed by atoms with Crippen molar-refractivity contribution in [3.05, 3.63) is 106 Å². The van der Waals surface area contributed by atoms with Crippen molar-refractivity contribution in [1.82, 2.24) is 20.5 Å². The van der Waals surface area contributed by atoms with Crippen LogP contribution in [0.4, 0.5) is 0 Å². The lowest BCUT2D eigenvalue weighted by molar-refractivity contribution is -0.133. The van der Waals surface area contributed by atoms with Gasteiger partial charge >= 0.3 is 0 Å². The van der Waals surface area contributed by atoms with E-state index in [0.717, 1.165) is 38.9 Å². The van der Waals surface area contributed by atoms with E-state index in [9.17, 15) is 14.4 Å². The van der Waals surface area contributed by atoms with E-state index in [0.29, 0.717) is 18.5 Å². The normalized spacial score (nSPS) is 18.5. The first-order valence-electron chi connectivity index (χ1n) is 13.5. The second kappa shape index (κ2) is 9.73. The molecule has 3 amide bonds. The summed E-state index contributed by atoms with van der Waals surface area (Å²) in [4.78, 5) is 46.1. The largest absolute Gasteiger partial charge is 0.356 e. The molecule has 0 fully saturated rings. The SMILES string of the molecule is Cc1ccc(CNC(=O)[C@@H](NC(=O)[C@@H]2Cc3c([nH]c4ccccc34)[C@@H]3c4ccccc4C(=O)N32)C(C)C)cc1. The topological polar surface area (TPSA) is 94.3 Å². The predicted octanol–water partition coefficient (Wildman–Crippen LogP) is 4.40. The number of nitrogens with zero attached hydrogens (tertiary/aromatic N) is 1. The van der Waals surface area contributed by atoms with Gasteiger partial charge in [-0.2, -0.15) is 0 Å². The molecule has 198 valence electrons. The van der Waals surface area contributed by atoms with Crippen LogP contribution in [0.2, 0.25) is 0 Å². The molecule has 39 heavy (non-hydrogen) atoms. The third-order valence-corrected chi connectivity index (χ3v) is 7.99. The molecular weight excluding hydrogens is 488 g/mol. The Labute approximate surface area is 227 Å². The van der Waals surface area contributed by atoms with Gasteiger partial charge in [0.05, 0.1) is 6.04 Å². The van der Waals surface area contributed by atoms with E-state index in [1.54, 1.807) is 4.90 Å². The molecule has 0 aliphatic carbocycles. The van der Waals surface area contributed by atoms with Crippen molar-refractivity contribution in [2.24, 2.45) is 5.92 Å². The summed E-state index contributed by atoms with van der Waals surface area (Å²) in [5.41, 5.74) is 6.63. The Balaban J connectivity index is 1.30. The Morgan fingerprint density at radius 3 is 2.49 bits per heavy atom. The first-order valence-corrected chi connectivity index (χ1v) is 13.5. The maximum atomic E-state index is 13.9. The fourth-order valence-electron chi connectivity index (χ4n) is 5.93.